The Balaban J connectivity index is 1.85. The number of carbonyl (C=O) groups excluding carboxylic acids is 1. The summed E-state index contributed by atoms with van der Waals surface area (Å²) in [6.07, 6.45) is 5.58. The van der Waals surface area contributed by atoms with Crippen LogP contribution in [-0.2, 0) is 11.4 Å². The second kappa shape index (κ2) is 9.56. The van der Waals surface area contributed by atoms with E-state index in [-0.39, 0.29) is 5.91 Å². The van der Waals surface area contributed by atoms with Crippen LogP contribution in [0, 0.1) is 0 Å². The van der Waals surface area contributed by atoms with E-state index in [0.717, 1.165) is 36.3 Å². The number of nitrogens with zero attached hydrogens (tertiary/aromatic N) is 1. The van der Waals surface area contributed by atoms with Crippen LogP contribution >= 0.6 is 0 Å². The molecule has 0 spiro atoms. The second-order valence-corrected chi connectivity index (χ2v) is 5.79. The number of amides is 1. The molecule has 0 aliphatic rings. The Kier molecular flexibility index (Phi) is 7.09. The van der Waals surface area contributed by atoms with Gasteiger partial charge in [-0.1, -0.05) is 55.8 Å². The van der Waals surface area contributed by atoms with E-state index >= 15 is 0 Å². The van der Waals surface area contributed by atoms with Crippen molar-refractivity contribution in [3.63, 3.8) is 0 Å². The molecule has 0 saturated carbocycles. The Labute approximate surface area is 144 Å². The fourth-order valence-corrected chi connectivity index (χ4v) is 2.22. The molecular weight excluding hydrogens is 298 g/mol. The maximum atomic E-state index is 12.0. The van der Waals surface area contributed by atoms with Crippen molar-refractivity contribution in [2.45, 2.75) is 26.4 Å². The number of likely N-dealkylation sites (N-methyl/N-ethyl adjacent to an activating group) is 1. The van der Waals surface area contributed by atoms with Gasteiger partial charge in [0.15, 0.2) is 0 Å². The van der Waals surface area contributed by atoms with Gasteiger partial charge in [-0.2, -0.15) is 0 Å². The van der Waals surface area contributed by atoms with Gasteiger partial charge >= 0.3 is 0 Å². The third-order valence-corrected chi connectivity index (χ3v) is 3.77. The van der Waals surface area contributed by atoms with Crippen LogP contribution in [0.3, 0.4) is 0 Å². The van der Waals surface area contributed by atoms with Crippen molar-refractivity contribution >= 4 is 12.0 Å². The first kappa shape index (κ1) is 17.8. The largest absolute Gasteiger partial charge is 0.489 e. The molecule has 24 heavy (non-hydrogen) atoms. The average Bonchev–Trinajstić information content (AvgIpc) is 2.64. The fourth-order valence-electron chi connectivity index (χ4n) is 2.22. The number of benzene rings is 2. The zero-order valence-electron chi connectivity index (χ0n) is 14.4. The molecule has 3 nitrogen and oxygen atoms in total. The lowest BCUT2D eigenvalue weighted by atomic mass is 10.2. The van der Waals surface area contributed by atoms with Crippen LogP contribution in [0.4, 0.5) is 0 Å². The van der Waals surface area contributed by atoms with Crippen LogP contribution < -0.4 is 4.74 Å². The standard InChI is InChI=1S/C21H25NO2/c1-3-4-16-22(2)21(23)15-12-18-10-13-20(14-11-18)24-17-19-8-6-5-7-9-19/h5-15H,3-4,16-17H2,1-2H3. The van der Waals surface area contributed by atoms with Crippen LogP contribution in [0.2, 0.25) is 0 Å². The second-order valence-electron chi connectivity index (χ2n) is 5.79. The van der Waals surface area contributed by atoms with Gasteiger partial charge in [-0.05, 0) is 35.8 Å². The van der Waals surface area contributed by atoms with Crippen LogP contribution in [-0.4, -0.2) is 24.4 Å². The molecule has 0 fully saturated rings. The van der Waals surface area contributed by atoms with Crippen LogP contribution in [0.5, 0.6) is 5.75 Å². The third kappa shape index (κ3) is 5.92. The maximum absolute atomic E-state index is 12.0. The summed E-state index contributed by atoms with van der Waals surface area (Å²) < 4.78 is 5.76. The molecule has 0 aromatic heterocycles. The molecule has 0 bridgehead atoms. The molecule has 2 aromatic rings. The minimum absolute atomic E-state index is 0.0351. The van der Waals surface area contributed by atoms with Crippen LogP contribution in [0.15, 0.2) is 60.7 Å². The summed E-state index contributed by atoms with van der Waals surface area (Å²) >= 11 is 0. The topological polar surface area (TPSA) is 29.5 Å². The number of ether oxygens (including phenoxy) is 1. The third-order valence-electron chi connectivity index (χ3n) is 3.77. The lowest BCUT2D eigenvalue weighted by Gasteiger charge is -2.13. The number of hydrogen-bond donors (Lipinski definition) is 0. The van der Waals surface area contributed by atoms with Gasteiger partial charge < -0.3 is 9.64 Å². The summed E-state index contributed by atoms with van der Waals surface area (Å²) in [5, 5.41) is 0. The zero-order chi connectivity index (χ0) is 17.2. The predicted octanol–water partition coefficient (Wildman–Crippen LogP) is 4.54. The number of carbonyl (C=O) groups is 1. The normalized spacial score (nSPS) is 10.8. The van der Waals surface area contributed by atoms with Crippen molar-refractivity contribution in [2.24, 2.45) is 0 Å². The molecule has 2 aromatic carbocycles. The zero-order valence-corrected chi connectivity index (χ0v) is 14.4. The summed E-state index contributed by atoms with van der Waals surface area (Å²) in [6, 6.07) is 17.8. The van der Waals surface area contributed by atoms with Crippen molar-refractivity contribution in [2.75, 3.05) is 13.6 Å². The van der Waals surface area contributed by atoms with Gasteiger partial charge in [0.2, 0.25) is 5.91 Å². The molecule has 0 saturated heterocycles. The van der Waals surface area contributed by atoms with E-state index < -0.39 is 0 Å². The smallest absolute Gasteiger partial charge is 0.246 e. The highest BCUT2D eigenvalue weighted by molar-refractivity contribution is 5.91. The summed E-state index contributed by atoms with van der Waals surface area (Å²) in [7, 11) is 1.84. The highest BCUT2D eigenvalue weighted by Crippen LogP contribution is 2.15. The summed E-state index contributed by atoms with van der Waals surface area (Å²) in [5.74, 6) is 0.857. The van der Waals surface area contributed by atoms with Gasteiger partial charge in [-0.25, -0.2) is 0 Å². The molecule has 126 valence electrons. The van der Waals surface area contributed by atoms with E-state index in [0.29, 0.717) is 6.61 Å². The first-order valence-corrected chi connectivity index (χ1v) is 8.39. The van der Waals surface area contributed by atoms with Gasteiger partial charge in [0.25, 0.3) is 0 Å². The fraction of sp³-hybridized carbons (Fsp3) is 0.286. The highest BCUT2D eigenvalue weighted by Gasteiger charge is 2.03. The van der Waals surface area contributed by atoms with Crippen molar-refractivity contribution in [1.29, 1.82) is 0 Å². The van der Waals surface area contributed by atoms with E-state index in [1.807, 2.05) is 67.7 Å². The molecule has 0 aliphatic carbocycles. The Morgan fingerprint density at radius 3 is 2.46 bits per heavy atom. The first-order valence-electron chi connectivity index (χ1n) is 8.39. The first-order chi connectivity index (χ1) is 11.7. The van der Waals surface area contributed by atoms with E-state index in [9.17, 15) is 4.79 Å². The van der Waals surface area contributed by atoms with E-state index in [1.165, 1.54) is 0 Å². The number of hydrogen-bond acceptors (Lipinski definition) is 2. The molecule has 0 unspecified atom stereocenters. The predicted molar refractivity (Wildman–Crippen MR) is 98.8 cm³/mol. The van der Waals surface area contributed by atoms with Crippen LogP contribution in [0.25, 0.3) is 6.08 Å². The summed E-state index contributed by atoms with van der Waals surface area (Å²) in [6.45, 7) is 3.47. The van der Waals surface area contributed by atoms with Crippen LogP contribution in [0.1, 0.15) is 30.9 Å². The molecule has 0 N–H and O–H groups in total. The minimum Gasteiger partial charge on any atom is -0.489 e. The monoisotopic (exact) mass is 323 g/mol. The van der Waals surface area contributed by atoms with E-state index in [2.05, 4.69) is 6.92 Å². The molecule has 0 heterocycles. The Morgan fingerprint density at radius 2 is 1.79 bits per heavy atom. The minimum atomic E-state index is 0.0351. The molecule has 2 rings (SSSR count). The Hall–Kier alpha value is -2.55. The van der Waals surface area contributed by atoms with E-state index in [4.69, 9.17) is 4.74 Å². The van der Waals surface area contributed by atoms with Crippen molar-refractivity contribution in [1.82, 2.24) is 4.90 Å². The maximum Gasteiger partial charge on any atom is 0.246 e. The SMILES string of the molecule is CCCCN(C)C(=O)C=Cc1ccc(OCc2ccccc2)cc1. The van der Waals surface area contributed by atoms with Crippen molar-refractivity contribution in [3.8, 4) is 5.75 Å². The molecule has 0 radical (unpaired) electrons. The Bertz CT molecular complexity index is 647. The highest BCUT2D eigenvalue weighted by atomic mass is 16.5. The quantitative estimate of drug-likeness (QED) is 0.668. The average molecular weight is 323 g/mol. The van der Waals surface area contributed by atoms with Gasteiger partial charge in [0.05, 0.1) is 0 Å². The van der Waals surface area contributed by atoms with Crippen molar-refractivity contribution in [3.05, 3.63) is 71.8 Å². The molecule has 0 atom stereocenters. The summed E-state index contributed by atoms with van der Waals surface area (Å²) in [5.41, 5.74) is 2.13. The Morgan fingerprint density at radius 1 is 1.08 bits per heavy atom. The number of rotatable bonds is 8. The van der Waals surface area contributed by atoms with E-state index in [1.54, 1.807) is 11.0 Å². The summed E-state index contributed by atoms with van der Waals surface area (Å²) in [4.78, 5) is 13.7. The molecular formula is C21H25NO2. The molecule has 0 aliphatic heterocycles. The van der Waals surface area contributed by atoms with Gasteiger partial charge in [0.1, 0.15) is 12.4 Å². The van der Waals surface area contributed by atoms with Gasteiger partial charge in [0, 0.05) is 19.7 Å². The molecule has 1 amide bonds. The van der Waals surface area contributed by atoms with Crippen molar-refractivity contribution < 1.29 is 9.53 Å². The lowest BCUT2D eigenvalue weighted by Crippen LogP contribution is -2.25. The van der Waals surface area contributed by atoms with Gasteiger partial charge in [-0.3, -0.25) is 4.79 Å². The molecule has 3 heteroatoms. The lowest BCUT2D eigenvalue weighted by molar-refractivity contribution is -0.124. The van der Waals surface area contributed by atoms with Gasteiger partial charge in [-0.15, -0.1) is 0 Å². The number of unbranched alkanes of at least 4 members (excludes halogenated alkanes) is 1.